The first-order chi connectivity index (χ1) is 11.2. The first-order valence-electron chi connectivity index (χ1n) is 7.33. The number of ether oxygens (including phenoxy) is 2. The van der Waals surface area contributed by atoms with Crippen LogP contribution in [-0.2, 0) is 0 Å². The van der Waals surface area contributed by atoms with Crippen molar-refractivity contribution in [1.29, 1.82) is 0 Å². The molecule has 6 nitrogen and oxygen atoms in total. The van der Waals surface area contributed by atoms with Crippen LogP contribution in [0.4, 0.5) is 0 Å². The summed E-state index contributed by atoms with van der Waals surface area (Å²) in [4.78, 5) is 8.34. The maximum atomic E-state index is 9.12. The largest absolute Gasteiger partial charge is 0.497 e. The number of methoxy groups -OCH3 is 1. The third kappa shape index (κ3) is 3.12. The average Bonchev–Trinajstić information content (AvgIpc) is 3.04. The second kappa shape index (κ2) is 6.66. The molecule has 2 heterocycles. The number of hydrogen-bond donors (Lipinski definition) is 1. The third-order valence-corrected chi connectivity index (χ3v) is 3.55. The van der Waals surface area contributed by atoms with Gasteiger partial charge in [0.2, 0.25) is 11.6 Å². The molecule has 0 aliphatic heterocycles. The molecule has 0 bridgehead atoms. The molecule has 0 saturated heterocycles. The lowest BCUT2D eigenvalue weighted by Crippen LogP contribution is -2.12. The Morgan fingerprint density at radius 3 is 2.70 bits per heavy atom. The van der Waals surface area contributed by atoms with Gasteiger partial charge in [-0.1, -0.05) is 19.1 Å². The zero-order valence-corrected chi connectivity index (χ0v) is 13.0. The van der Waals surface area contributed by atoms with Crippen molar-refractivity contribution in [2.45, 2.75) is 6.92 Å². The number of aliphatic hydroxyl groups is 1. The van der Waals surface area contributed by atoms with E-state index in [-0.39, 0.29) is 12.5 Å². The van der Waals surface area contributed by atoms with E-state index in [4.69, 9.17) is 19.0 Å². The van der Waals surface area contributed by atoms with Gasteiger partial charge in [0, 0.05) is 18.1 Å². The molecule has 0 aliphatic carbocycles. The predicted octanol–water partition coefficient (Wildman–Crippen LogP) is 2.91. The Balaban J connectivity index is 2.00. The standard InChI is InChI=1S/C17H18N2O4/c1-11(7-20)8-22-16-15-14(9-23-17(15)19-10-18-16)12-3-5-13(21-2)6-4-12/h3-6,9-11,20H,7-8H2,1-2H3/t11-/m1/s1. The molecule has 6 heteroatoms. The lowest BCUT2D eigenvalue weighted by molar-refractivity contribution is 0.172. The Kier molecular flexibility index (Phi) is 4.43. The number of benzene rings is 1. The molecule has 0 radical (unpaired) electrons. The molecule has 2 aromatic heterocycles. The molecular formula is C17H18N2O4. The molecule has 0 amide bonds. The summed E-state index contributed by atoms with van der Waals surface area (Å²) in [6.07, 6.45) is 3.05. The minimum Gasteiger partial charge on any atom is -0.497 e. The highest BCUT2D eigenvalue weighted by atomic mass is 16.5. The number of hydrogen-bond acceptors (Lipinski definition) is 6. The second-order valence-corrected chi connectivity index (χ2v) is 5.34. The van der Waals surface area contributed by atoms with Crippen molar-refractivity contribution in [2.24, 2.45) is 5.92 Å². The van der Waals surface area contributed by atoms with Crippen molar-refractivity contribution >= 4 is 11.1 Å². The van der Waals surface area contributed by atoms with Crippen LogP contribution in [0.2, 0.25) is 0 Å². The Bertz CT molecular complexity index is 783. The summed E-state index contributed by atoms with van der Waals surface area (Å²) in [5, 5.41) is 9.85. The fraction of sp³-hybridized carbons (Fsp3) is 0.294. The van der Waals surface area contributed by atoms with Crippen molar-refractivity contribution in [1.82, 2.24) is 9.97 Å². The molecule has 0 spiro atoms. The van der Waals surface area contributed by atoms with E-state index in [0.29, 0.717) is 18.2 Å². The van der Waals surface area contributed by atoms with Gasteiger partial charge in [-0.25, -0.2) is 9.97 Å². The Morgan fingerprint density at radius 2 is 2.00 bits per heavy atom. The van der Waals surface area contributed by atoms with Crippen LogP contribution in [0, 0.1) is 5.92 Å². The summed E-state index contributed by atoms with van der Waals surface area (Å²) in [6.45, 7) is 2.33. The number of furan rings is 1. The maximum Gasteiger partial charge on any atom is 0.233 e. The van der Waals surface area contributed by atoms with Crippen LogP contribution in [0.3, 0.4) is 0 Å². The molecule has 1 N–H and O–H groups in total. The van der Waals surface area contributed by atoms with Crippen molar-refractivity contribution < 1.29 is 19.0 Å². The Hall–Kier alpha value is -2.60. The fourth-order valence-electron chi connectivity index (χ4n) is 2.21. The van der Waals surface area contributed by atoms with Gasteiger partial charge in [0.25, 0.3) is 0 Å². The summed E-state index contributed by atoms with van der Waals surface area (Å²) in [7, 11) is 1.63. The summed E-state index contributed by atoms with van der Waals surface area (Å²) in [5.41, 5.74) is 2.28. The molecule has 3 aromatic rings. The summed E-state index contributed by atoms with van der Waals surface area (Å²) < 4.78 is 16.4. The second-order valence-electron chi connectivity index (χ2n) is 5.34. The molecule has 1 aromatic carbocycles. The number of aromatic nitrogens is 2. The first kappa shape index (κ1) is 15.3. The molecule has 0 fully saturated rings. The van der Waals surface area contributed by atoms with Crippen molar-refractivity contribution in [3.63, 3.8) is 0 Å². The highest BCUT2D eigenvalue weighted by Crippen LogP contribution is 2.35. The van der Waals surface area contributed by atoms with Crippen LogP contribution >= 0.6 is 0 Å². The van der Waals surface area contributed by atoms with Gasteiger partial charge in [-0.05, 0) is 17.7 Å². The topological polar surface area (TPSA) is 77.6 Å². The average molecular weight is 314 g/mol. The number of aliphatic hydroxyl groups excluding tert-OH is 1. The van der Waals surface area contributed by atoms with E-state index in [9.17, 15) is 0 Å². The van der Waals surface area contributed by atoms with Crippen LogP contribution in [0.25, 0.3) is 22.2 Å². The van der Waals surface area contributed by atoms with Gasteiger partial charge in [-0.15, -0.1) is 0 Å². The minimum absolute atomic E-state index is 0.0244. The van der Waals surface area contributed by atoms with Crippen LogP contribution in [0.5, 0.6) is 11.6 Å². The minimum atomic E-state index is 0.0244. The van der Waals surface area contributed by atoms with Gasteiger partial charge in [-0.3, -0.25) is 0 Å². The van der Waals surface area contributed by atoms with Crippen molar-refractivity contribution in [2.75, 3.05) is 20.3 Å². The molecule has 0 aliphatic rings. The summed E-state index contributed by atoms with van der Waals surface area (Å²) in [5.74, 6) is 1.26. The molecular weight excluding hydrogens is 296 g/mol. The summed E-state index contributed by atoms with van der Waals surface area (Å²) in [6, 6.07) is 7.64. The smallest absolute Gasteiger partial charge is 0.233 e. The molecule has 120 valence electrons. The molecule has 0 unspecified atom stereocenters. The summed E-state index contributed by atoms with van der Waals surface area (Å²) >= 11 is 0. The van der Waals surface area contributed by atoms with Crippen LogP contribution < -0.4 is 9.47 Å². The monoisotopic (exact) mass is 314 g/mol. The molecule has 3 rings (SSSR count). The Labute approximate surface area is 133 Å². The quantitative estimate of drug-likeness (QED) is 0.754. The SMILES string of the molecule is COc1ccc(-c2coc3ncnc(OC[C@H](C)CO)c23)cc1. The van der Waals surface area contributed by atoms with E-state index in [2.05, 4.69) is 9.97 Å². The highest BCUT2D eigenvalue weighted by Gasteiger charge is 2.16. The van der Waals surface area contributed by atoms with E-state index in [1.807, 2.05) is 31.2 Å². The van der Waals surface area contributed by atoms with Gasteiger partial charge in [-0.2, -0.15) is 0 Å². The number of fused-ring (bicyclic) bond motifs is 1. The van der Waals surface area contributed by atoms with E-state index in [1.54, 1.807) is 13.4 Å². The number of nitrogens with zero attached hydrogens (tertiary/aromatic N) is 2. The lowest BCUT2D eigenvalue weighted by Gasteiger charge is -2.10. The van der Waals surface area contributed by atoms with E-state index in [1.165, 1.54) is 6.33 Å². The van der Waals surface area contributed by atoms with Gasteiger partial charge >= 0.3 is 0 Å². The van der Waals surface area contributed by atoms with E-state index < -0.39 is 0 Å². The maximum absolute atomic E-state index is 9.12. The fourth-order valence-corrected chi connectivity index (χ4v) is 2.21. The van der Waals surface area contributed by atoms with Crippen molar-refractivity contribution in [3.05, 3.63) is 36.9 Å². The number of rotatable bonds is 6. The van der Waals surface area contributed by atoms with Gasteiger partial charge in [0.05, 0.1) is 13.7 Å². The molecule has 1 atom stereocenters. The lowest BCUT2D eigenvalue weighted by atomic mass is 10.1. The highest BCUT2D eigenvalue weighted by molar-refractivity contribution is 5.95. The van der Waals surface area contributed by atoms with Gasteiger partial charge in [0.1, 0.15) is 23.7 Å². The zero-order chi connectivity index (χ0) is 16.2. The van der Waals surface area contributed by atoms with Crippen LogP contribution in [0.15, 0.2) is 41.3 Å². The van der Waals surface area contributed by atoms with Crippen LogP contribution in [-0.4, -0.2) is 35.4 Å². The van der Waals surface area contributed by atoms with Crippen molar-refractivity contribution in [3.8, 4) is 22.8 Å². The third-order valence-electron chi connectivity index (χ3n) is 3.55. The first-order valence-corrected chi connectivity index (χ1v) is 7.33. The predicted molar refractivity (Wildman–Crippen MR) is 85.5 cm³/mol. The zero-order valence-electron chi connectivity index (χ0n) is 13.0. The van der Waals surface area contributed by atoms with E-state index >= 15 is 0 Å². The van der Waals surface area contributed by atoms with Gasteiger partial charge < -0.3 is 19.0 Å². The van der Waals surface area contributed by atoms with E-state index in [0.717, 1.165) is 22.3 Å². The molecule has 0 saturated carbocycles. The molecule has 23 heavy (non-hydrogen) atoms. The van der Waals surface area contributed by atoms with Crippen LogP contribution in [0.1, 0.15) is 6.92 Å². The Morgan fingerprint density at radius 1 is 1.22 bits per heavy atom. The van der Waals surface area contributed by atoms with Gasteiger partial charge in [0.15, 0.2) is 0 Å². The normalized spacial score (nSPS) is 12.3.